The summed E-state index contributed by atoms with van der Waals surface area (Å²) in [5.74, 6) is 0. The Bertz CT molecular complexity index is 463. The molecule has 0 aliphatic rings. The second kappa shape index (κ2) is 5.95. The minimum atomic E-state index is 0.658. The molecular formula is C14H13Cl2N. The van der Waals surface area contributed by atoms with E-state index in [-0.39, 0.29) is 0 Å². The lowest BCUT2D eigenvalue weighted by atomic mass is 10.1. The zero-order valence-corrected chi connectivity index (χ0v) is 10.8. The Balaban J connectivity index is 1.95. The van der Waals surface area contributed by atoms with Crippen LogP contribution in [-0.4, -0.2) is 6.54 Å². The van der Waals surface area contributed by atoms with Gasteiger partial charge in [0.1, 0.15) is 0 Å². The molecule has 0 aromatic heterocycles. The van der Waals surface area contributed by atoms with Crippen molar-refractivity contribution in [3.8, 4) is 0 Å². The molecule has 88 valence electrons. The zero-order chi connectivity index (χ0) is 12.1. The Labute approximate surface area is 111 Å². The number of benzene rings is 2. The second-order valence-corrected chi connectivity index (χ2v) is 4.57. The molecule has 1 N–H and O–H groups in total. The summed E-state index contributed by atoms with van der Waals surface area (Å²) in [5, 5.41) is 4.58. The van der Waals surface area contributed by atoms with Crippen molar-refractivity contribution in [2.24, 2.45) is 0 Å². The Morgan fingerprint density at radius 3 is 2.12 bits per heavy atom. The third kappa shape index (κ3) is 3.39. The van der Waals surface area contributed by atoms with Gasteiger partial charge < -0.3 is 5.32 Å². The molecule has 0 spiro atoms. The van der Waals surface area contributed by atoms with E-state index in [1.165, 1.54) is 5.56 Å². The van der Waals surface area contributed by atoms with Crippen LogP contribution in [0.4, 0.5) is 5.69 Å². The lowest BCUT2D eigenvalue weighted by molar-refractivity contribution is 1.02. The van der Waals surface area contributed by atoms with Crippen LogP contribution in [0.2, 0.25) is 10.0 Å². The molecule has 1 nitrogen and oxygen atoms in total. The third-order valence-electron chi connectivity index (χ3n) is 2.52. The van der Waals surface area contributed by atoms with Gasteiger partial charge in [-0.25, -0.2) is 0 Å². The first kappa shape index (κ1) is 12.3. The molecule has 2 aromatic rings. The average molecular weight is 266 g/mol. The highest BCUT2D eigenvalue weighted by atomic mass is 35.5. The molecule has 0 radical (unpaired) electrons. The van der Waals surface area contributed by atoms with Crippen LogP contribution in [0, 0.1) is 0 Å². The number of rotatable bonds is 4. The molecule has 0 unspecified atom stereocenters. The first-order chi connectivity index (χ1) is 8.27. The van der Waals surface area contributed by atoms with Crippen molar-refractivity contribution in [3.05, 3.63) is 64.1 Å². The summed E-state index contributed by atoms with van der Waals surface area (Å²) in [6, 6.07) is 15.8. The molecule has 0 amide bonds. The third-order valence-corrected chi connectivity index (χ3v) is 3.15. The summed E-state index contributed by atoms with van der Waals surface area (Å²) < 4.78 is 0. The van der Waals surface area contributed by atoms with E-state index in [9.17, 15) is 0 Å². The van der Waals surface area contributed by atoms with Crippen LogP contribution in [0.5, 0.6) is 0 Å². The average Bonchev–Trinajstić information content (AvgIpc) is 2.34. The van der Waals surface area contributed by atoms with E-state index in [1.54, 1.807) is 0 Å². The van der Waals surface area contributed by atoms with Gasteiger partial charge in [0.05, 0.1) is 15.7 Å². The van der Waals surface area contributed by atoms with Gasteiger partial charge in [0.25, 0.3) is 0 Å². The van der Waals surface area contributed by atoms with Crippen molar-refractivity contribution in [3.63, 3.8) is 0 Å². The molecule has 2 rings (SSSR count). The number of nitrogens with one attached hydrogen (secondary N) is 1. The van der Waals surface area contributed by atoms with Crippen LogP contribution in [-0.2, 0) is 6.42 Å². The molecule has 3 heteroatoms. The molecule has 2 aromatic carbocycles. The SMILES string of the molecule is Clc1cccc(Cl)c1NCCc1ccccc1. The molecule has 0 fully saturated rings. The quantitative estimate of drug-likeness (QED) is 0.849. The van der Waals surface area contributed by atoms with Crippen molar-refractivity contribution >= 4 is 28.9 Å². The predicted octanol–water partition coefficient (Wildman–Crippen LogP) is 4.65. The fourth-order valence-electron chi connectivity index (χ4n) is 1.64. The number of halogens is 2. The highest BCUT2D eigenvalue weighted by Gasteiger charge is 2.03. The molecular weight excluding hydrogens is 253 g/mol. The van der Waals surface area contributed by atoms with Gasteiger partial charge in [0.2, 0.25) is 0 Å². The zero-order valence-electron chi connectivity index (χ0n) is 9.29. The van der Waals surface area contributed by atoms with Gasteiger partial charge in [-0.05, 0) is 24.1 Å². The molecule has 0 heterocycles. The summed E-state index contributed by atoms with van der Waals surface area (Å²) in [6.45, 7) is 0.813. The van der Waals surface area contributed by atoms with Gasteiger partial charge >= 0.3 is 0 Å². The lowest BCUT2D eigenvalue weighted by Gasteiger charge is -2.10. The highest BCUT2D eigenvalue weighted by Crippen LogP contribution is 2.29. The Hall–Kier alpha value is -1.18. The standard InChI is InChI=1S/C14H13Cl2N/c15-12-7-4-8-13(16)14(12)17-10-9-11-5-2-1-3-6-11/h1-8,17H,9-10H2. The van der Waals surface area contributed by atoms with Crippen LogP contribution in [0.15, 0.2) is 48.5 Å². The highest BCUT2D eigenvalue weighted by molar-refractivity contribution is 6.39. The normalized spacial score (nSPS) is 10.2. The predicted molar refractivity (Wildman–Crippen MR) is 75.1 cm³/mol. The Morgan fingerprint density at radius 2 is 1.47 bits per heavy atom. The van der Waals surface area contributed by atoms with Gasteiger partial charge in [0.15, 0.2) is 0 Å². The molecule has 0 aliphatic heterocycles. The lowest BCUT2D eigenvalue weighted by Crippen LogP contribution is -2.05. The maximum Gasteiger partial charge on any atom is 0.0719 e. The molecule has 0 atom stereocenters. The Kier molecular flexibility index (Phi) is 4.29. The Morgan fingerprint density at radius 1 is 0.824 bits per heavy atom. The first-order valence-electron chi connectivity index (χ1n) is 5.49. The fraction of sp³-hybridized carbons (Fsp3) is 0.143. The van der Waals surface area contributed by atoms with E-state index in [0.29, 0.717) is 10.0 Å². The van der Waals surface area contributed by atoms with Gasteiger partial charge in [-0.15, -0.1) is 0 Å². The minimum absolute atomic E-state index is 0.658. The van der Waals surface area contributed by atoms with E-state index in [0.717, 1.165) is 18.7 Å². The number of hydrogen-bond donors (Lipinski definition) is 1. The molecule has 17 heavy (non-hydrogen) atoms. The monoisotopic (exact) mass is 265 g/mol. The summed E-state index contributed by atoms with van der Waals surface area (Å²) in [5.41, 5.74) is 2.11. The van der Waals surface area contributed by atoms with Gasteiger partial charge in [-0.2, -0.15) is 0 Å². The summed E-state index contributed by atoms with van der Waals surface area (Å²) in [4.78, 5) is 0. The molecule has 0 bridgehead atoms. The van der Waals surface area contributed by atoms with Crippen LogP contribution < -0.4 is 5.32 Å². The second-order valence-electron chi connectivity index (χ2n) is 3.76. The fourth-order valence-corrected chi connectivity index (χ4v) is 2.17. The maximum absolute atomic E-state index is 6.06. The van der Waals surface area contributed by atoms with Crippen molar-refractivity contribution in [1.29, 1.82) is 0 Å². The van der Waals surface area contributed by atoms with Crippen LogP contribution >= 0.6 is 23.2 Å². The van der Waals surface area contributed by atoms with Crippen molar-refractivity contribution in [2.45, 2.75) is 6.42 Å². The van der Waals surface area contributed by atoms with Crippen molar-refractivity contribution in [2.75, 3.05) is 11.9 Å². The van der Waals surface area contributed by atoms with Gasteiger partial charge in [-0.1, -0.05) is 59.6 Å². The largest absolute Gasteiger partial charge is 0.382 e. The maximum atomic E-state index is 6.06. The summed E-state index contributed by atoms with van der Waals surface area (Å²) in [6.07, 6.45) is 0.947. The van der Waals surface area contributed by atoms with E-state index >= 15 is 0 Å². The van der Waals surface area contributed by atoms with Gasteiger partial charge in [0, 0.05) is 6.54 Å². The topological polar surface area (TPSA) is 12.0 Å². The van der Waals surface area contributed by atoms with Crippen LogP contribution in [0.3, 0.4) is 0 Å². The minimum Gasteiger partial charge on any atom is -0.382 e. The van der Waals surface area contributed by atoms with E-state index < -0.39 is 0 Å². The first-order valence-corrected chi connectivity index (χ1v) is 6.25. The van der Waals surface area contributed by atoms with E-state index in [4.69, 9.17) is 23.2 Å². The number of hydrogen-bond acceptors (Lipinski definition) is 1. The number of anilines is 1. The van der Waals surface area contributed by atoms with Crippen molar-refractivity contribution in [1.82, 2.24) is 0 Å². The molecule has 0 aliphatic carbocycles. The number of para-hydroxylation sites is 1. The van der Waals surface area contributed by atoms with Gasteiger partial charge in [-0.3, -0.25) is 0 Å². The summed E-state index contributed by atoms with van der Waals surface area (Å²) >= 11 is 12.1. The smallest absolute Gasteiger partial charge is 0.0719 e. The molecule has 0 saturated heterocycles. The molecule has 0 saturated carbocycles. The van der Waals surface area contributed by atoms with Crippen LogP contribution in [0.1, 0.15) is 5.56 Å². The summed E-state index contributed by atoms with van der Waals surface area (Å²) in [7, 11) is 0. The van der Waals surface area contributed by atoms with E-state index in [1.807, 2.05) is 36.4 Å². The van der Waals surface area contributed by atoms with Crippen molar-refractivity contribution < 1.29 is 0 Å². The van der Waals surface area contributed by atoms with Crippen LogP contribution in [0.25, 0.3) is 0 Å². The van der Waals surface area contributed by atoms with E-state index in [2.05, 4.69) is 17.4 Å².